The number of rotatable bonds is 9. The summed E-state index contributed by atoms with van der Waals surface area (Å²) in [7, 11) is 1.61. The molecule has 0 heterocycles. The second kappa shape index (κ2) is 12.1. The van der Waals surface area contributed by atoms with E-state index in [9.17, 15) is 9.59 Å². The van der Waals surface area contributed by atoms with Crippen molar-refractivity contribution in [3.63, 3.8) is 0 Å². The maximum Gasteiger partial charge on any atom is 0.261 e. The minimum atomic E-state index is -0.628. The van der Waals surface area contributed by atoms with E-state index in [2.05, 4.69) is 26.1 Å². The number of para-hydroxylation sites is 1. The van der Waals surface area contributed by atoms with Crippen LogP contribution in [0.3, 0.4) is 0 Å². The van der Waals surface area contributed by atoms with Gasteiger partial charge in [0.25, 0.3) is 5.91 Å². The predicted molar refractivity (Wildman–Crippen MR) is 139 cm³/mol. The van der Waals surface area contributed by atoms with Crippen molar-refractivity contribution in [2.45, 2.75) is 83.8 Å². The van der Waals surface area contributed by atoms with E-state index < -0.39 is 6.04 Å². The molecule has 6 heteroatoms. The summed E-state index contributed by atoms with van der Waals surface area (Å²) >= 11 is 0. The third kappa shape index (κ3) is 7.48. The van der Waals surface area contributed by atoms with E-state index >= 15 is 0 Å². The summed E-state index contributed by atoms with van der Waals surface area (Å²) in [6.07, 6.45) is 5.47. The van der Waals surface area contributed by atoms with Crippen LogP contribution in [0.2, 0.25) is 0 Å². The van der Waals surface area contributed by atoms with Crippen molar-refractivity contribution in [3.8, 4) is 11.5 Å². The molecule has 1 N–H and O–H groups in total. The zero-order valence-electron chi connectivity index (χ0n) is 21.8. The Balaban J connectivity index is 1.77. The highest BCUT2D eigenvalue weighted by molar-refractivity contribution is 5.88. The molecule has 2 aromatic carbocycles. The zero-order chi connectivity index (χ0) is 25.4. The SMILES string of the molecule is COc1cccc(CN(C(=O)COc2ccccc2C(C)(C)C)[C@H](C)C(=O)NC2CCCCC2)c1. The minimum Gasteiger partial charge on any atom is -0.497 e. The Morgan fingerprint density at radius 3 is 2.46 bits per heavy atom. The van der Waals surface area contributed by atoms with E-state index in [1.807, 2.05) is 48.5 Å². The Hall–Kier alpha value is -3.02. The molecule has 0 saturated heterocycles. The molecule has 1 aliphatic rings. The van der Waals surface area contributed by atoms with Gasteiger partial charge in [0.2, 0.25) is 5.91 Å². The number of benzene rings is 2. The summed E-state index contributed by atoms with van der Waals surface area (Å²) in [6, 6.07) is 14.9. The fourth-order valence-corrected chi connectivity index (χ4v) is 4.55. The molecule has 1 aliphatic carbocycles. The molecule has 190 valence electrons. The lowest BCUT2D eigenvalue weighted by Gasteiger charge is -2.31. The molecule has 0 aromatic heterocycles. The molecule has 1 saturated carbocycles. The van der Waals surface area contributed by atoms with Crippen LogP contribution >= 0.6 is 0 Å². The quantitative estimate of drug-likeness (QED) is 0.533. The number of nitrogens with zero attached hydrogens (tertiary/aromatic N) is 1. The second-order valence-corrected chi connectivity index (χ2v) is 10.4. The maximum atomic E-state index is 13.5. The van der Waals surface area contributed by atoms with Gasteiger partial charge in [-0.05, 0) is 54.5 Å². The number of amides is 2. The van der Waals surface area contributed by atoms with Crippen LogP contribution < -0.4 is 14.8 Å². The maximum absolute atomic E-state index is 13.5. The molecule has 3 rings (SSSR count). The Bertz CT molecular complexity index is 992. The van der Waals surface area contributed by atoms with Crippen LogP contribution in [0.25, 0.3) is 0 Å². The summed E-state index contributed by atoms with van der Waals surface area (Å²) in [5, 5.41) is 3.17. The van der Waals surface area contributed by atoms with E-state index in [1.54, 1.807) is 18.9 Å². The van der Waals surface area contributed by atoms with E-state index in [-0.39, 0.29) is 29.9 Å². The molecule has 0 bridgehead atoms. The van der Waals surface area contributed by atoms with Gasteiger partial charge < -0.3 is 19.7 Å². The highest BCUT2D eigenvalue weighted by atomic mass is 16.5. The standard InChI is InChI=1S/C29H40N2O4/c1-21(28(33)30-23-13-7-6-8-14-23)31(19-22-12-11-15-24(18-22)34-5)27(32)20-35-26-17-10-9-16-25(26)29(2,3)4/h9-12,15-18,21,23H,6-8,13-14,19-20H2,1-5H3,(H,30,33)/t21-/m1/s1. The Morgan fingerprint density at radius 2 is 1.77 bits per heavy atom. The number of carbonyl (C=O) groups is 2. The average molecular weight is 481 g/mol. The number of hydrogen-bond acceptors (Lipinski definition) is 4. The van der Waals surface area contributed by atoms with Gasteiger partial charge in [0.1, 0.15) is 17.5 Å². The minimum absolute atomic E-state index is 0.118. The average Bonchev–Trinajstić information content (AvgIpc) is 2.85. The molecule has 1 fully saturated rings. The number of carbonyl (C=O) groups excluding carboxylic acids is 2. The normalized spacial score (nSPS) is 15.2. The lowest BCUT2D eigenvalue weighted by Crippen LogP contribution is -2.51. The highest BCUT2D eigenvalue weighted by Gasteiger charge is 2.29. The van der Waals surface area contributed by atoms with Crippen molar-refractivity contribution >= 4 is 11.8 Å². The van der Waals surface area contributed by atoms with Crippen molar-refractivity contribution in [2.24, 2.45) is 0 Å². The number of methoxy groups -OCH3 is 1. The number of ether oxygens (including phenoxy) is 2. The molecule has 0 spiro atoms. The molecule has 35 heavy (non-hydrogen) atoms. The third-order valence-electron chi connectivity index (χ3n) is 6.65. The lowest BCUT2D eigenvalue weighted by atomic mass is 9.86. The first-order valence-corrected chi connectivity index (χ1v) is 12.6. The van der Waals surface area contributed by atoms with Crippen molar-refractivity contribution in [2.75, 3.05) is 13.7 Å². The molecular weight excluding hydrogens is 440 g/mol. The second-order valence-electron chi connectivity index (χ2n) is 10.4. The van der Waals surface area contributed by atoms with Crippen LogP contribution in [0.15, 0.2) is 48.5 Å². The van der Waals surface area contributed by atoms with E-state index in [0.29, 0.717) is 18.0 Å². The number of nitrogens with one attached hydrogen (secondary N) is 1. The Kier molecular flexibility index (Phi) is 9.19. The fourth-order valence-electron chi connectivity index (χ4n) is 4.55. The van der Waals surface area contributed by atoms with Gasteiger partial charge in [-0.15, -0.1) is 0 Å². The van der Waals surface area contributed by atoms with Gasteiger partial charge in [-0.1, -0.05) is 70.4 Å². The summed E-state index contributed by atoms with van der Waals surface area (Å²) < 4.78 is 11.4. The van der Waals surface area contributed by atoms with E-state index in [4.69, 9.17) is 9.47 Å². The van der Waals surface area contributed by atoms with E-state index in [0.717, 1.165) is 36.8 Å². The van der Waals surface area contributed by atoms with Gasteiger partial charge >= 0.3 is 0 Å². The first-order valence-electron chi connectivity index (χ1n) is 12.6. The van der Waals surface area contributed by atoms with E-state index in [1.165, 1.54) is 6.42 Å². The summed E-state index contributed by atoms with van der Waals surface area (Å²) in [5.41, 5.74) is 1.81. The van der Waals surface area contributed by atoms with Gasteiger partial charge in [0, 0.05) is 12.6 Å². The van der Waals surface area contributed by atoms with Crippen LogP contribution in [-0.4, -0.2) is 42.5 Å². The molecule has 6 nitrogen and oxygen atoms in total. The lowest BCUT2D eigenvalue weighted by molar-refractivity contribution is -0.142. The summed E-state index contributed by atoms with van der Waals surface area (Å²) in [4.78, 5) is 28.2. The van der Waals surface area contributed by atoms with Crippen LogP contribution in [0.4, 0.5) is 0 Å². The van der Waals surface area contributed by atoms with Crippen LogP contribution in [0, 0.1) is 0 Å². The van der Waals surface area contributed by atoms with Gasteiger partial charge in [0.05, 0.1) is 7.11 Å². The molecule has 2 aromatic rings. The molecule has 2 amide bonds. The third-order valence-corrected chi connectivity index (χ3v) is 6.65. The highest BCUT2D eigenvalue weighted by Crippen LogP contribution is 2.31. The van der Waals surface area contributed by atoms with Crippen molar-refractivity contribution in [3.05, 3.63) is 59.7 Å². The largest absolute Gasteiger partial charge is 0.497 e. The Morgan fingerprint density at radius 1 is 1.06 bits per heavy atom. The van der Waals surface area contributed by atoms with Crippen LogP contribution in [-0.2, 0) is 21.5 Å². The van der Waals surface area contributed by atoms with Gasteiger partial charge in [0.15, 0.2) is 6.61 Å². The van der Waals surface area contributed by atoms with Gasteiger partial charge in [-0.2, -0.15) is 0 Å². The van der Waals surface area contributed by atoms with Crippen molar-refractivity contribution in [1.82, 2.24) is 10.2 Å². The zero-order valence-corrected chi connectivity index (χ0v) is 21.8. The molecule has 0 unspecified atom stereocenters. The van der Waals surface area contributed by atoms with Crippen molar-refractivity contribution < 1.29 is 19.1 Å². The molecule has 1 atom stereocenters. The molecular formula is C29H40N2O4. The first-order chi connectivity index (χ1) is 16.7. The first kappa shape index (κ1) is 26.6. The van der Waals surface area contributed by atoms with Crippen LogP contribution in [0.1, 0.15) is 70.9 Å². The van der Waals surface area contributed by atoms with Gasteiger partial charge in [-0.25, -0.2) is 0 Å². The molecule has 0 radical (unpaired) electrons. The van der Waals surface area contributed by atoms with Crippen LogP contribution in [0.5, 0.6) is 11.5 Å². The fraction of sp³-hybridized carbons (Fsp3) is 0.517. The summed E-state index contributed by atoms with van der Waals surface area (Å²) in [6.45, 7) is 8.29. The molecule has 0 aliphatic heterocycles. The topological polar surface area (TPSA) is 67.9 Å². The van der Waals surface area contributed by atoms with Gasteiger partial charge in [-0.3, -0.25) is 9.59 Å². The van der Waals surface area contributed by atoms with Crippen molar-refractivity contribution in [1.29, 1.82) is 0 Å². The smallest absolute Gasteiger partial charge is 0.261 e. The predicted octanol–water partition coefficient (Wildman–Crippen LogP) is 5.24. The summed E-state index contributed by atoms with van der Waals surface area (Å²) in [5.74, 6) is 1.05. The monoisotopic (exact) mass is 480 g/mol. The Labute approximate surface area is 210 Å². The number of hydrogen-bond donors (Lipinski definition) is 1.